The number of amides is 1. The first-order chi connectivity index (χ1) is 14.9. The third-order valence-electron chi connectivity index (χ3n) is 5.41. The molecule has 2 aromatic rings. The molecule has 0 N–H and O–H groups in total. The molecule has 31 heavy (non-hydrogen) atoms. The van der Waals surface area contributed by atoms with Gasteiger partial charge in [0.2, 0.25) is 10.0 Å². The minimum absolute atomic E-state index is 0.0582. The smallest absolute Gasteiger partial charge is 0.313 e. The van der Waals surface area contributed by atoms with Gasteiger partial charge in [0.05, 0.1) is 11.7 Å². The monoisotopic (exact) mass is 444 g/mol. The minimum atomic E-state index is -3.45. The molecule has 1 heterocycles. The topological polar surface area (TPSA) is 84.0 Å². The summed E-state index contributed by atoms with van der Waals surface area (Å²) in [7, 11) is -3.45. The van der Waals surface area contributed by atoms with Crippen LogP contribution in [-0.2, 0) is 30.1 Å². The molecule has 0 radical (unpaired) electrons. The van der Waals surface area contributed by atoms with Gasteiger partial charge in [-0.1, -0.05) is 67.6 Å². The maximum atomic E-state index is 12.6. The zero-order valence-corrected chi connectivity index (χ0v) is 18.5. The van der Waals surface area contributed by atoms with Crippen LogP contribution in [0.2, 0.25) is 0 Å². The second-order valence-corrected chi connectivity index (χ2v) is 9.47. The van der Waals surface area contributed by atoms with E-state index in [1.165, 1.54) is 4.31 Å². The maximum absolute atomic E-state index is 12.6. The lowest BCUT2D eigenvalue weighted by molar-refractivity contribution is -0.153. The van der Waals surface area contributed by atoms with Gasteiger partial charge in [-0.2, -0.15) is 4.31 Å². The fraction of sp³-hybridized carbons (Fsp3) is 0.391. The van der Waals surface area contributed by atoms with E-state index < -0.39 is 21.9 Å². The normalized spacial score (nSPS) is 16.0. The molecule has 7 nitrogen and oxygen atoms in total. The van der Waals surface area contributed by atoms with Crippen molar-refractivity contribution in [2.75, 3.05) is 32.8 Å². The average molecular weight is 445 g/mol. The zero-order chi connectivity index (χ0) is 22.3. The summed E-state index contributed by atoms with van der Waals surface area (Å²) in [5.41, 5.74) is 1.59. The first kappa shape index (κ1) is 23.0. The number of ether oxygens (including phenoxy) is 1. The molecule has 1 aliphatic rings. The van der Waals surface area contributed by atoms with E-state index in [2.05, 4.69) is 0 Å². The van der Waals surface area contributed by atoms with Gasteiger partial charge in [-0.25, -0.2) is 8.42 Å². The third-order valence-corrected chi connectivity index (χ3v) is 7.26. The fourth-order valence-electron chi connectivity index (χ4n) is 3.64. The van der Waals surface area contributed by atoms with Gasteiger partial charge in [0, 0.05) is 26.2 Å². The molecule has 1 saturated heterocycles. The van der Waals surface area contributed by atoms with Gasteiger partial charge in [-0.3, -0.25) is 9.59 Å². The van der Waals surface area contributed by atoms with E-state index in [4.69, 9.17) is 4.74 Å². The van der Waals surface area contributed by atoms with Crippen LogP contribution in [0.4, 0.5) is 0 Å². The molecule has 2 aromatic carbocycles. The molecule has 1 amide bonds. The van der Waals surface area contributed by atoms with Crippen LogP contribution in [0.3, 0.4) is 0 Å². The van der Waals surface area contributed by atoms with Gasteiger partial charge < -0.3 is 9.64 Å². The van der Waals surface area contributed by atoms with E-state index in [1.807, 2.05) is 55.5 Å². The number of rotatable bonds is 8. The van der Waals surface area contributed by atoms with Gasteiger partial charge in [0.15, 0.2) is 6.61 Å². The second-order valence-electron chi connectivity index (χ2n) is 7.50. The second kappa shape index (κ2) is 10.5. The highest BCUT2D eigenvalue weighted by atomic mass is 32.2. The van der Waals surface area contributed by atoms with E-state index in [9.17, 15) is 18.0 Å². The Balaban J connectivity index is 1.48. The molecular weight excluding hydrogens is 416 g/mol. The Kier molecular flexibility index (Phi) is 7.81. The van der Waals surface area contributed by atoms with Crippen LogP contribution in [-0.4, -0.2) is 62.3 Å². The van der Waals surface area contributed by atoms with E-state index >= 15 is 0 Å². The van der Waals surface area contributed by atoms with E-state index in [0.29, 0.717) is 6.42 Å². The number of esters is 1. The van der Waals surface area contributed by atoms with E-state index in [1.54, 1.807) is 17.0 Å². The highest BCUT2D eigenvalue weighted by Gasteiger charge is 2.29. The molecule has 0 saturated carbocycles. The number of nitrogens with zero attached hydrogens (tertiary/aromatic N) is 2. The summed E-state index contributed by atoms with van der Waals surface area (Å²) in [4.78, 5) is 26.5. The van der Waals surface area contributed by atoms with Gasteiger partial charge in [0.1, 0.15) is 0 Å². The Hall–Kier alpha value is -2.71. The Labute approximate surface area is 183 Å². The largest absolute Gasteiger partial charge is 0.455 e. The van der Waals surface area contributed by atoms with Crippen LogP contribution < -0.4 is 0 Å². The lowest BCUT2D eigenvalue weighted by Gasteiger charge is -2.34. The minimum Gasteiger partial charge on any atom is -0.455 e. The molecule has 8 heteroatoms. The standard InChI is InChI=1S/C23H28N2O5S/c1-2-21(20-11-7-4-8-12-20)23(27)30-17-22(26)24-13-15-25(16-14-24)31(28,29)18-19-9-5-3-6-10-19/h3-12,21H,2,13-18H2,1H3. The van der Waals surface area contributed by atoms with Gasteiger partial charge >= 0.3 is 5.97 Å². The highest BCUT2D eigenvalue weighted by Crippen LogP contribution is 2.21. The zero-order valence-electron chi connectivity index (χ0n) is 17.6. The Morgan fingerprint density at radius 1 is 0.935 bits per heavy atom. The van der Waals surface area contributed by atoms with Crippen molar-refractivity contribution >= 4 is 21.9 Å². The summed E-state index contributed by atoms with van der Waals surface area (Å²) in [5, 5.41) is 0. The lowest BCUT2D eigenvalue weighted by Crippen LogP contribution is -2.51. The van der Waals surface area contributed by atoms with Gasteiger partial charge in [0.25, 0.3) is 5.91 Å². The van der Waals surface area contributed by atoms with Crippen LogP contribution in [0, 0.1) is 0 Å². The van der Waals surface area contributed by atoms with Crippen LogP contribution in [0.1, 0.15) is 30.4 Å². The molecule has 0 bridgehead atoms. The quantitative estimate of drug-likeness (QED) is 0.584. The first-order valence-corrected chi connectivity index (χ1v) is 12.0. The van der Waals surface area contributed by atoms with Crippen molar-refractivity contribution in [1.29, 1.82) is 0 Å². The first-order valence-electron chi connectivity index (χ1n) is 10.4. The molecule has 3 rings (SSSR count). The van der Waals surface area contributed by atoms with Crippen LogP contribution >= 0.6 is 0 Å². The summed E-state index contributed by atoms with van der Waals surface area (Å²) in [6.45, 7) is 2.59. The molecule has 1 fully saturated rings. The molecule has 1 aliphatic heterocycles. The number of sulfonamides is 1. The molecule has 1 atom stereocenters. The van der Waals surface area contributed by atoms with Crippen molar-refractivity contribution in [2.24, 2.45) is 0 Å². The molecule has 166 valence electrons. The number of benzene rings is 2. The summed E-state index contributed by atoms with van der Waals surface area (Å²) in [6, 6.07) is 18.4. The summed E-state index contributed by atoms with van der Waals surface area (Å²) < 4.78 is 32.0. The summed E-state index contributed by atoms with van der Waals surface area (Å²) in [5.74, 6) is -1.20. The Morgan fingerprint density at radius 2 is 1.52 bits per heavy atom. The van der Waals surface area contributed by atoms with Crippen molar-refractivity contribution in [2.45, 2.75) is 25.0 Å². The lowest BCUT2D eigenvalue weighted by atomic mass is 9.97. The van der Waals surface area contributed by atoms with Crippen molar-refractivity contribution < 1.29 is 22.7 Å². The van der Waals surface area contributed by atoms with Crippen molar-refractivity contribution in [3.05, 3.63) is 71.8 Å². The SMILES string of the molecule is CCC(C(=O)OCC(=O)N1CCN(S(=O)(=O)Cc2ccccc2)CC1)c1ccccc1. The highest BCUT2D eigenvalue weighted by molar-refractivity contribution is 7.88. The van der Waals surface area contributed by atoms with Gasteiger partial charge in [-0.05, 0) is 17.5 Å². The fourth-order valence-corrected chi connectivity index (χ4v) is 5.16. The van der Waals surface area contributed by atoms with Crippen LogP contribution in [0.15, 0.2) is 60.7 Å². The van der Waals surface area contributed by atoms with Crippen LogP contribution in [0.25, 0.3) is 0 Å². The molecule has 0 aliphatic carbocycles. The molecular formula is C23H28N2O5S. The summed E-state index contributed by atoms with van der Waals surface area (Å²) >= 11 is 0. The maximum Gasteiger partial charge on any atom is 0.313 e. The number of piperazine rings is 1. The van der Waals surface area contributed by atoms with Crippen molar-refractivity contribution in [1.82, 2.24) is 9.21 Å². The predicted molar refractivity (Wildman–Crippen MR) is 118 cm³/mol. The van der Waals surface area contributed by atoms with E-state index in [0.717, 1.165) is 11.1 Å². The number of carbonyl (C=O) groups excluding carboxylic acids is 2. The summed E-state index contributed by atoms with van der Waals surface area (Å²) in [6.07, 6.45) is 0.578. The number of hydrogen-bond acceptors (Lipinski definition) is 5. The van der Waals surface area contributed by atoms with Crippen molar-refractivity contribution in [3.63, 3.8) is 0 Å². The van der Waals surface area contributed by atoms with Crippen molar-refractivity contribution in [3.8, 4) is 0 Å². The number of hydrogen-bond donors (Lipinski definition) is 0. The Morgan fingerprint density at radius 3 is 2.10 bits per heavy atom. The number of carbonyl (C=O) groups is 2. The predicted octanol–water partition coefficient (Wildman–Crippen LogP) is 2.40. The van der Waals surface area contributed by atoms with Crippen LogP contribution in [0.5, 0.6) is 0 Å². The third kappa shape index (κ3) is 6.15. The Bertz CT molecular complexity index is 972. The van der Waals surface area contributed by atoms with Gasteiger partial charge in [-0.15, -0.1) is 0 Å². The molecule has 0 aromatic heterocycles. The molecule has 0 spiro atoms. The van der Waals surface area contributed by atoms with E-state index in [-0.39, 0.29) is 44.4 Å². The molecule has 1 unspecified atom stereocenters. The average Bonchev–Trinajstić information content (AvgIpc) is 2.79.